The van der Waals surface area contributed by atoms with Gasteiger partial charge < -0.3 is 11.1 Å². The van der Waals surface area contributed by atoms with Crippen molar-refractivity contribution < 1.29 is 4.79 Å². The molecule has 0 saturated carbocycles. The Morgan fingerprint density at radius 3 is 2.83 bits per heavy atom. The Kier molecular flexibility index (Phi) is 6.18. The summed E-state index contributed by atoms with van der Waals surface area (Å²) in [4.78, 5) is 11.5. The highest BCUT2D eigenvalue weighted by molar-refractivity contribution is 8.01. The molecule has 3 N–H and O–H groups in total. The van der Waals surface area contributed by atoms with Crippen LogP contribution in [0, 0.1) is 0 Å². The number of nitrogens with one attached hydrogen (secondary N) is 1. The number of carbonyl (C=O) groups excluding carboxylic acids is 1. The molecule has 1 unspecified atom stereocenters. The topological polar surface area (TPSA) is 55.1 Å². The van der Waals surface area contributed by atoms with Crippen molar-refractivity contribution in [3.05, 3.63) is 17.5 Å². The highest BCUT2D eigenvalue weighted by Gasteiger charge is 2.30. The summed E-state index contributed by atoms with van der Waals surface area (Å²) >= 11 is 3.59. The van der Waals surface area contributed by atoms with Crippen LogP contribution in [0.3, 0.4) is 0 Å². The van der Waals surface area contributed by atoms with Crippen molar-refractivity contribution in [2.45, 2.75) is 49.4 Å². The Morgan fingerprint density at radius 1 is 1.61 bits per heavy atom. The average molecular weight is 286 g/mol. The molecule has 1 aromatic rings. The third kappa shape index (κ3) is 5.00. The average Bonchev–Trinajstić information content (AvgIpc) is 2.76. The molecule has 1 atom stereocenters. The summed E-state index contributed by atoms with van der Waals surface area (Å²) in [6.45, 7) is 5.95. The van der Waals surface area contributed by atoms with Gasteiger partial charge >= 0.3 is 0 Å². The molecule has 0 aliphatic carbocycles. The fourth-order valence-corrected chi connectivity index (χ4v) is 3.65. The predicted octanol–water partition coefficient (Wildman–Crippen LogP) is 2.86. The van der Waals surface area contributed by atoms with Crippen LogP contribution in [-0.4, -0.2) is 23.2 Å². The van der Waals surface area contributed by atoms with Gasteiger partial charge in [0.2, 0.25) is 5.91 Å². The number of rotatable bonds is 8. The Bertz CT molecular complexity index is 365. The third-order valence-electron chi connectivity index (χ3n) is 2.71. The number of amides is 1. The van der Waals surface area contributed by atoms with Gasteiger partial charge in [-0.05, 0) is 50.8 Å². The minimum Gasteiger partial charge on any atom is -0.368 e. The number of carbonyl (C=O) groups is 1. The van der Waals surface area contributed by atoms with E-state index in [2.05, 4.69) is 22.8 Å². The lowest BCUT2D eigenvalue weighted by atomic mass is 9.94. The van der Waals surface area contributed by atoms with E-state index in [-0.39, 0.29) is 11.9 Å². The zero-order chi connectivity index (χ0) is 13.6. The van der Waals surface area contributed by atoms with E-state index >= 15 is 0 Å². The van der Waals surface area contributed by atoms with Crippen LogP contribution >= 0.6 is 23.1 Å². The van der Waals surface area contributed by atoms with Crippen LogP contribution in [0.4, 0.5) is 0 Å². The molecule has 0 aliphatic rings. The highest BCUT2D eigenvalue weighted by atomic mass is 32.2. The summed E-state index contributed by atoms with van der Waals surface area (Å²) in [7, 11) is 0. The molecule has 0 saturated heterocycles. The number of primary amides is 1. The molecule has 1 amide bonds. The summed E-state index contributed by atoms with van der Waals surface area (Å²) in [5.41, 5.74) is 4.90. The molecule has 102 valence electrons. The number of thiophene rings is 1. The van der Waals surface area contributed by atoms with Crippen molar-refractivity contribution in [1.29, 1.82) is 0 Å². The van der Waals surface area contributed by atoms with Gasteiger partial charge in [-0.15, -0.1) is 23.1 Å². The van der Waals surface area contributed by atoms with Gasteiger partial charge in [0.15, 0.2) is 0 Å². The van der Waals surface area contributed by atoms with Gasteiger partial charge in [-0.2, -0.15) is 0 Å². The first-order chi connectivity index (χ1) is 8.44. The first kappa shape index (κ1) is 15.5. The van der Waals surface area contributed by atoms with E-state index in [1.54, 1.807) is 11.3 Å². The molecule has 1 heterocycles. The van der Waals surface area contributed by atoms with E-state index in [1.807, 2.05) is 32.5 Å². The molecule has 0 aromatic carbocycles. The second-order valence-electron chi connectivity index (χ2n) is 4.88. The SMILES string of the molecule is CC(C)NC(C)(CCCSc1cccs1)C(N)=O. The molecule has 0 radical (unpaired) electrons. The summed E-state index contributed by atoms with van der Waals surface area (Å²) < 4.78 is 1.33. The lowest BCUT2D eigenvalue weighted by molar-refractivity contribution is -0.124. The third-order valence-corrected chi connectivity index (χ3v) is 4.93. The minimum atomic E-state index is -0.593. The maximum atomic E-state index is 11.5. The Balaban J connectivity index is 2.36. The smallest absolute Gasteiger partial charge is 0.237 e. The van der Waals surface area contributed by atoms with E-state index in [0.29, 0.717) is 0 Å². The van der Waals surface area contributed by atoms with Crippen molar-refractivity contribution in [3.63, 3.8) is 0 Å². The summed E-state index contributed by atoms with van der Waals surface area (Å²) in [5, 5.41) is 5.35. The molecule has 0 aliphatic heterocycles. The van der Waals surface area contributed by atoms with E-state index in [9.17, 15) is 4.79 Å². The number of hydrogen-bond donors (Lipinski definition) is 2. The summed E-state index contributed by atoms with van der Waals surface area (Å²) in [6, 6.07) is 4.43. The van der Waals surface area contributed by atoms with Gasteiger partial charge in [-0.25, -0.2) is 0 Å². The normalized spacial score (nSPS) is 14.7. The molecule has 0 bridgehead atoms. The van der Waals surface area contributed by atoms with Crippen molar-refractivity contribution in [2.24, 2.45) is 5.73 Å². The molecular weight excluding hydrogens is 264 g/mol. The second-order valence-corrected chi connectivity index (χ2v) is 7.22. The van der Waals surface area contributed by atoms with E-state index in [4.69, 9.17) is 5.73 Å². The van der Waals surface area contributed by atoms with Crippen LogP contribution in [-0.2, 0) is 4.79 Å². The molecular formula is C13H22N2OS2. The van der Waals surface area contributed by atoms with Crippen molar-refractivity contribution in [1.82, 2.24) is 5.32 Å². The monoisotopic (exact) mass is 286 g/mol. The minimum absolute atomic E-state index is 0.257. The fourth-order valence-electron chi connectivity index (χ4n) is 1.85. The zero-order valence-corrected chi connectivity index (χ0v) is 12.9. The van der Waals surface area contributed by atoms with Gasteiger partial charge in [0, 0.05) is 6.04 Å². The van der Waals surface area contributed by atoms with Crippen LogP contribution in [0.2, 0.25) is 0 Å². The fraction of sp³-hybridized carbons (Fsp3) is 0.615. The van der Waals surface area contributed by atoms with Crippen LogP contribution in [0.1, 0.15) is 33.6 Å². The van der Waals surface area contributed by atoms with E-state index < -0.39 is 5.54 Å². The van der Waals surface area contributed by atoms with E-state index in [0.717, 1.165) is 18.6 Å². The Morgan fingerprint density at radius 2 is 2.33 bits per heavy atom. The molecule has 3 nitrogen and oxygen atoms in total. The predicted molar refractivity (Wildman–Crippen MR) is 80.1 cm³/mol. The molecule has 0 spiro atoms. The van der Waals surface area contributed by atoms with Crippen LogP contribution in [0.15, 0.2) is 21.7 Å². The number of hydrogen-bond acceptors (Lipinski definition) is 4. The van der Waals surface area contributed by atoms with Crippen molar-refractivity contribution in [2.75, 3.05) is 5.75 Å². The van der Waals surface area contributed by atoms with Gasteiger partial charge in [0.25, 0.3) is 0 Å². The Labute approximate surface area is 118 Å². The molecule has 1 rings (SSSR count). The van der Waals surface area contributed by atoms with Gasteiger partial charge in [0.1, 0.15) is 0 Å². The molecule has 0 fully saturated rings. The zero-order valence-electron chi connectivity index (χ0n) is 11.2. The van der Waals surface area contributed by atoms with Gasteiger partial charge in [-0.1, -0.05) is 6.07 Å². The number of nitrogens with two attached hydrogens (primary N) is 1. The lowest BCUT2D eigenvalue weighted by Gasteiger charge is -2.29. The summed E-state index contributed by atoms with van der Waals surface area (Å²) in [6.07, 6.45) is 1.75. The Hall–Kier alpha value is -0.520. The quantitative estimate of drug-likeness (QED) is 0.571. The summed E-state index contributed by atoms with van der Waals surface area (Å²) in [5.74, 6) is 0.751. The second kappa shape index (κ2) is 7.16. The molecule has 1 aromatic heterocycles. The first-order valence-electron chi connectivity index (χ1n) is 6.18. The maximum Gasteiger partial charge on any atom is 0.237 e. The molecule has 5 heteroatoms. The first-order valence-corrected chi connectivity index (χ1v) is 8.04. The maximum absolute atomic E-state index is 11.5. The van der Waals surface area contributed by atoms with Crippen LogP contribution in [0.5, 0.6) is 0 Å². The standard InChI is InChI=1S/C13H22N2OS2/c1-10(2)15-13(3,12(14)16)7-5-9-18-11-6-4-8-17-11/h4,6,8,10,15H,5,7,9H2,1-3H3,(H2,14,16). The van der Waals surface area contributed by atoms with E-state index in [1.165, 1.54) is 4.21 Å². The largest absolute Gasteiger partial charge is 0.368 e. The number of thioether (sulfide) groups is 1. The highest BCUT2D eigenvalue weighted by Crippen LogP contribution is 2.25. The molecule has 18 heavy (non-hydrogen) atoms. The van der Waals surface area contributed by atoms with Gasteiger partial charge in [0.05, 0.1) is 9.75 Å². The van der Waals surface area contributed by atoms with Crippen LogP contribution < -0.4 is 11.1 Å². The van der Waals surface area contributed by atoms with Gasteiger partial charge in [-0.3, -0.25) is 4.79 Å². The van der Waals surface area contributed by atoms with Crippen molar-refractivity contribution in [3.8, 4) is 0 Å². The lowest BCUT2D eigenvalue weighted by Crippen LogP contribution is -2.55. The van der Waals surface area contributed by atoms with Crippen molar-refractivity contribution >= 4 is 29.0 Å². The van der Waals surface area contributed by atoms with Crippen LogP contribution in [0.25, 0.3) is 0 Å².